The van der Waals surface area contributed by atoms with Gasteiger partial charge in [0.25, 0.3) is 23.5 Å². The van der Waals surface area contributed by atoms with Gasteiger partial charge in [0.15, 0.2) is 5.66 Å². The van der Waals surface area contributed by atoms with Gasteiger partial charge in [0.2, 0.25) is 5.91 Å². The summed E-state index contributed by atoms with van der Waals surface area (Å²) in [5.74, 6) is -2.80. The summed E-state index contributed by atoms with van der Waals surface area (Å²) in [4.78, 5) is 68.4. The number of Topliss-reactive ketones (excluding diaryl/α,β-unsaturated/α-hetero) is 1. The Morgan fingerprint density at radius 3 is 2.20 bits per heavy atom. The zero-order chi connectivity index (χ0) is 32.4. The number of hydrogen-bond donors (Lipinski definition) is 1. The lowest BCUT2D eigenvalue weighted by Crippen LogP contribution is -2.72. The molecule has 3 aromatic rings. The van der Waals surface area contributed by atoms with E-state index in [1.807, 2.05) is 64.1 Å². The fourth-order valence-electron chi connectivity index (χ4n) is 5.74. The van der Waals surface area contributed by atoms with Crippen molar-refractivity contribution < 1.29 is 23.9 Å². The molecule has 2 aromatic carbocycles. The van der Waals surface area contributed by atoms with Crippen molar-refractivity contribution in [1.82, 2.24) is 20.1 Å². The molecule has 0 saturated carbocycles. The van der Waals surface area contributed by atoms with Crippen LogP contribution in [0.2, 0.25) is 0 Å². The van der Waals surface area contributed by atoms with Crippen LogP contribution in [0.5, 0.6) is 0 Å². The lowest BCUT2D eigenvalue weighted by atomic mass is 9.87. The molecule has 232 valence electrons. The maximum absolute atomic E-state index is 15.0. The maximum atomic E-state index is 15.0. The number of hydrogen-bond acceptors (Lipinski definition) is 7. The first-order chi connectivity index (χ1) is 21.4. The molecule has 0 aliphatic carbocycles. The highest BCUT2D eigenvalue weighted by Crippen LogP contribution is 2.38. The van der Waals surface area contributed by atoms with Crippen LogP contribution in [0.25, 0.3) is 5.70 Å². The van der Waals surface area contributed by atoms with Gasteiger partial charge < -0.3 is 10.1 Å². The van der Waals surface area contributed by atoms with Crippen LogP contribution in [0.3, 0.4) is 0 Å². The lowest BCUT2D eigenvalue weighted by Gasteiger charge is -2.49. The van der Waals surface area contributed by atoms with Gasteiger partial charge in [-0.2, -0.15) is 0 Å². The smallest absolute Gasteiger partial charge is 0.277 e. The molecule has 3 amide bonds. The molecule has 0 spiro atoms. The standard InChI is InChI=1S/C35H37N5O5/c1-23(2)29-33(44)40(28(26-16-10-7-11-17-26)21-39(29)32(43)27-18-12-13-19-36-27)35(37-24(3)41,20-25-14-8-6-9-15-25)30(42)31-38-34(4,5)22-45-31/h6-19,21,23,29H,20,22H2,1-5H3,(H,37,41)/t29-,35+/m1/s1. The normalized spacial score (nSPS) is 18.9. The Kier molecular flexibility index (Phi) is 8.68. The first-order valence-electron chi connectivity index (χ1n) is 14.9. The van der Waals surface area contributed by atoms with Gasteiger partial charge in [0.05, 0.1) is 11.2 Å². The van der Waals surface area contributed by atoms with E-state index >= 15 is 4.79 Å². The van der Waals surface area contributed by atoms with Crippen molar-refractivity contribution in [2.75, 3.05) is 6.61 Å². The molecule has 2 aliphatic rings. The zero-order valence-electron chi connectivity index (χ0n) is 26.1. The summed E-state index contributed by atoms with van der Waals surface area (Å²) in [6, 6.07) is 22.1. The van der Waals surface area contributed by atoms with E-state index in [0.717, 1.165) is 0 Å². The highest BCUT2D eigenvalue weighted by molar-refractivity contribution is 6.41. The van der Waals surface area contributed by atoms with E-state index < -0.39 is 40.7 Å². The van der Waals surface area contributed by atoms with Gasteiger partial charge in [-0.05, 0) is 43.0 Å². The van der Waals surface area contributed by atoms with Gasteiger partial charge in [-0.1, -0.05) is 80.6 Å². The van der Waals surface area contributed by atoms with Gasteiger partial charge in [-0.15, -0.1) is 0 Å². The van der Waals surface area contributed by atoms with Crippen molar-refractivity contribution >= 4 is 35.1 Å². The maximum Gasteiger partial charge on any atom is 0.277 e. The number of aromatic nitrogens is 1. The molecule has 0 bridgehead atoms. The number of aliphatic imine (C=N–C) groups is 1. The number of pyridine rings is 1. The largest absolute Gasteiger partial charge is 0.473 e. The number of ketones is 1. The SMILES string of the molecule is CC(=O)N[C@](Cc1ccccc1)(C(=O)C1=NC(C)(C)CO1)N1C(=O)[C@@H](C(C)C)N(C(=O)c2ccccn2)C=C1c1ccccc1. The summed E-state index contributed by atoms with van der Waals surface area (Å²) in [6.45, 7) is 8.78. The third-order valence-corrected chi connectivity index (χ3v) is 7.70. The second-order valence-electron chi connectivity index (χ2n) is 12.2. The predicted molar refractivity (Wildman–Crippen MR) is 169 cm³/mol. The molecule has 2 atom stereocenters. The van der Waals surface area contributed by atoms with Gasteiger partial charge in [0.1, 0.15) is 18.3 Å². The minimum atomic E-state index is -2.00. The van der Waals surface area contributed by atoms with E-state index in [9.17, 15) is 14.4 Å². The van der Waals surface area contributed by atoms with Crippen molar-refractivity contribution in [2.45, 2.75) is 58.3 Å². The minimum absolute atomic E-state index is 0.0933. The van der Waals surface area contributed by atoms with Crippen molar-refractivity contribution in [3.8, 4) is 0 Å². The highest BCUT2D eigenvalue weighted by Gasteiger charge is 2.56. The van der Waals surface area contributed by atoms with Crippen LogP contribution in [0, 0.1) is 5.92 Å². The summed E-state index contributed by atoms with van der Waals surface area (Å²) >= 11 is 0. The first kappa shape index (κ1) is 31.3. The van der Waals surface area contributed by atoms with Crippen molar-refractivity contribution in [3.63, 3.8) is 0 Å². The molecule has 1 N–H and O–H groups in total. The summed E-state index contributed by atoms with van der Waals surface area (Å²) in [5.41, 5.74) is -1.04. The fraction of sp³-hybridized carbons (Fsp3) is 0.314. The Bertz CT molecular complexity index is 1650. The number of benzene rings is 2. The number of nitrogens with zero attached hydrogens (tertiary/aromatic N) is 4. The number of carbonyl (C=O) groups excluding carboxylic acids is 4. The van der Waals surface area contributed by atoms with Gasteiger partial charge in [-0.25, -0.2) is 4.99 Å². The van der Waals surface area contributed by atoms with Crippen molar-refractivity contribution in [1.29, 1.82) is 0 Å². The monoisotopic (exact) mass is 607 g/mol. The summed E-state index contributed by atoms with van der Waals surface area (Å²) in [7, 11) is 0. The van der Waals surface area contributed by atoms with Crippen molar-refractivity contribution in [3.05, 3.63) is 108 Å². The molecular weight excluding hydrogens is 570 g/mol. The minimum Gasteiger partial charge on any atom is -0.473 e. The molecule has 10 nitrogen and oxygen atoms in total. The average Bonchev–Trinajstić information content (AvgIpc) is 3.39. The Labute approximate surface area is 262 Å². The molecular formula is C35H37N5O5. The number of rotatable bonds is 9. The second-order valence-corrected chi connectivity index (χ2v) is 12.2. The first-order valence-corrected chi connectivity index (χ1v) is 14.9. The van der Waals surface area contributed by atoms with Gasteiger partial charge in [-0.3, -0.25) is 34.0 Å². The van der Waals surface area contributed by atoms with E-state index in [1.165, 1.54) is 22.9 Å². The molecule has 0 radical (unpaired) electrons. The molecule has 10 heteroatoms. The molecule has 0 fully saturated rings. The van der Waals surface area contributed by atoms with Crippen LogP contribution in [0.4, 0.5) is 0 Å². The fourth-order valence-corrected chi connectivity index (χ4v) is 5.74. The summed E-state index contributed by atoms with van der Waals surface area (Å²) < 4.78 is 5.83. The van der Waals surface area contributed by atoms with Crippen molar-refractivity contribution in [2.24, 2.45) is 10.9 Å². The molecule has 0 unspecified atom stereocenters. The summed E-state index contributed by atoms with van der Waals surface area (Å²) in [5, 5.41) is 2.88. The quantitative estimate of drug-likeness (QED) is 0.389. The van der Waals surface area contributed by atoms with Crippen LogP contribution < -0.4 is 5.32 Å². The molecule has 5 rings (SSSR count). The van der Waals surface area contributed by atoms with Crippen LogP contribution in [-0.4, -0.2) is 68.0 Å². The molecule has 1 aromatic heterocycles. The molecule has 45 heavy (non-hydrogen) atoms. The molecule has 2 aliphatic heterocycles. The number of amides is 3. The van der Waals surface area contributed by atoms with Gasteiger partial charge >= 0.3 is 0 Å². The lowest BCUT2D eigenvalue weighted by molar-refractivity contribution is -0.149. The Balaban J connectivity index is 1.81. The van der Waals surface area contributed by atoms with Gasteiger partial charge in [0, 0.05) is 25.7 Å². The van der Waals surface area contributed by atoms with E-state index in [2.05, 4.69) is 15.3 Å². The predicted octanol–water partition coefficient (Wildman–Crippen LogP) is 4.24. The van der Waals surface area contributed by atoms with Crippen LogP contribution >= 0.6 is 0 Å². The third kappa shape index (κ3) is 6.26. The zero-order valence-corrected chi connectivity index (χ0v) is 26.1. The Hall–Kier alpha value is -5.12. The van der Waals surface area contributed by atoms with E-state index in [0.29, 0.717) is 11.1 Å². The van der Waals surface area contributed by atoms with Crippen LogP contribution in [0.15, 0.2) is 96.3 Å². The van der Waals surface area contributed by atoms with Crippen LogP contribution in [0.1, 0.15) is 56.2 Å². The Morgan fingerprint density at radius 2 is 1.64 bits per heavy atom. The number of nitrogens with one attached hydrogen (secondary N) is 1. The average molecular weight is 608 g/mol. The molecule has 3 heterocycles. The van der Waals surface area contributed by atoms with Crippen LogP contribution in [-0.2, 0) is 25.5 Å². The number of carbonyl (C=O) groups is 4. The van der Waals surface area contributed by atoms with E-state index in [4.69, 9.17) is 4.74 Å². The number of ether oxygens (including phenoxy) is 1. The van der Waals surface area contributed by atoms with E-state index in [-0.39, 0.29) is 36.2 Å². The second kappa shape index (κ2) is 12.5. The highest BCUT2D eigenvalue weighted by atomic mass is 16.5. The molecule has 0 saturated heterocycles. The summed E-state index contributed by atoms with van der Waals surface area (Å²) in [6.07, 6.45) is 3.00. The third-order valence-electron chi connectivity index (χ3n) is 7.70. The Morgan fingerprint density at radius 1 is 1.00 bits per heavy atom. The topological polar surface area (TPSA) is 121 Å². The van der Waals surface area contributed by atoms with E-state index in [1.54, 1.807) is 48.7 Å².